The lowest BCUT2D eigenvalue weighted by atomic mass is 10.0. The van der Waals surface area contributed by atoms with E-state index in [1.807, 2.05) is 69.3 Å². The molecule has 5 heteroatoms. The standard InChI is InChI=1S/C24H18FNO3.C2H6/c1-2-29-19-10-7-16(8-11-19)15-3-5-17(6-4-15)23-14-21(24(27)28)20-13-18(25)9-12-22(20)26-23;1-2/h3-14H,2H2,1H3,(H,27,28);1-2H3. The second-order valence-corrected chi connectivity index (χ2v) is 6.56. The zero-order chi connectivity index (χ0) is 22.4. The number of nitrogens with zero attached hydrogens (tertiary/aromatic N) is 1. The Labute approximate surface area is 181 Å². The van der Waals surface area contributed by atoms with E-state index in [1.165, 1.54) is 24.3 Å². The van der Waals surface area contributed by atoms with Crippen molar-refractivity contribution in [3.8, 4) is 28.1 Å². The normalized spacial score (nSPS) is 10.3. The highest BCUT2D eigenvalue weighted by atomic mass is 19.1. The van der Waals surface area contributed by atoms with Gasteiger partial charge >= 0.3 is 5.97 Å². The molecule has 0 amide bonds. The average Bonchev–Trinajstić information content (AvgIpc) is 2.80. The van der Waals surface area contributed by atoms with Gasteiger partial charge in [-0.05, 0) is 54.4 Å². The van der Waals surface area contributed by atoms with Crippen molar-refractivity contribution in [2.45, 2.75) is 20.8 Å². The van der Waals surface area contributed by atoms with Gasteiger partial charge in [0.2, 0.25) is 0 Å². The zero-order valence-corrected chi connectivity index (χ0v) is 17.7. The van der Waals surface area contributed by atoms with E-state index in [2.05, 4.69) is 4.98 Å². The second kappa shape index (κ2) is 9.85. The third-order valence-corrected chi connectivity index (χ3v) is 4.68. The molecule has 31 heavy (non-hydrogen) atoms. The Hall–Kier alpha value is -3.73. The lowest BCUT2D eigenvalue weighted by molar-refractivity contribution is 0.0699. The minimum Gasteiger partial charge on any atom is -0.494 e. The summed E-state index contributed by atoms with van der Waals surface area (Å²) in [6, 6.07) is 21.0. The first-order valence-electron chi connectivity index (χ1n) is 10.2. The van der Waals surface area contributed by atoms with Crippen LogP contribution in [0.15, 0.2) is 72.8 Å². The minimum absolute atomic E-state index is 0.0279. The minimum atomic E-state index is -1.12. The smallest absolute Gasteiger partial charge is 0.336 e. The third kappa shape index (κ3) is 4.89. The number of aromatic carboxylic acids is 1. The molecule has 0 saturated carbocycles. The Bertz CT molecular complexity index is 1190. The largest absolute Gasteiger partial charge is 0.494 e. The van der Waals surface area contributed by atoms with Gasteiger partial charge < -0.3 is 9.84 Å². The van der Waals surface area contributed by atoms with E-state index in [4.69, 9.17) is 4.74 Å². The number of rotatable bonds is 5. The molecular weight excluding hydrogens is 393 g/mol. The first-order valence-corrected chi connectivity index (χ1v) is 10.2. The number of fused-ring (bicyclic) bond motifs is 1. The summed E-state index contributed by atoms with van der Waals surface area (Å²) in [6.07, 6.45) is 0. The lowest BCUT2D eigenvalue weighted by Gasteiger charge is -2.09. The first kappa shape index (κ1) is 22.0. The number of aromatic nitrogens is 1. The van der Waals surface area contributed by atoms with Crippen LogP contribution < -0.4 is 4.74 Å². The molecule has 1 aromatic heterocycles. The van der Waals surface area contributed by atoms with Crippen molar-refractivity contribution in [2.24, 2.45) is 0 Å². The molecule has 1 heterocycles. The van der Waals surface area contributed by atoms with Gasteiger partial charge in [-0.25, -0.2) is 14.2 Å². The molecule has 0 bridgehead atoms. The maximum atomic E-state index is 13.5. The van der Waals surface area contributed by atoms with Gasteiger partial charge in [-0.1, -0.05) is 50.2 Å². The molecule has 0 radical (unpaired) electrons. The van der Waals surface area contributed by atoms with E-state index in [9.17, 15) is 14.3 Å². The van der Waals surface area contributed by atoms with Gasteiger partial charge in [0, 0.05) is 10.9 Å². The highest BCUT2D eigenvalue weighted by Gasteiger charge is 2.14. The van der Waals surface area contributed by atoms with Crippen molar-refractivity contribution < 1.29 is 19.0 Å². The van der Waals surface area contributed by atoms with Crippen molar-refractivity contribution in [3.63, 3.8) is 0 Å². The number of carbonyl (C=O) groups is 1. The second-order valence-electron chi connectivity index (χ2n) is 6.56. The van der Waals surface area contributed by atoms with Gasteiger partial charge in [0.05, 0.1) is 23.4 Å². The molecule has 0 unspecified atom stereocenters. The van der Waals surface area contributed by atoms with Gasteiger partial charge in [-0.3, -0.25) is 0 Å². The number of benzene rings is 3. The maximum Gasteiger partial charge on any atom is 0.336 e. The topological polar surface area (TPSA) is 59.4 Å². The quantitative estimate of drug-likeness (QED) is 0.387. The first-order chi connectivity index (χ1) is 15.0. The number of carboxylic acid groups (broad SMARTS) is 1. The summed E-state index contributed by atoms with van der Waals surface area (Å²) >= 11 is 0. The number of halogens is 1. The number of carboxylic acids is 1. The van der Waals surface area contributed by atoms with Crippen molar-refractivity contribution in [1.29, 1.82) is 0 Å². The van der Waals surface area contributed by atoms with Crippen LogP contribution in [0.4, 0.5) is 4.39 Å². The molecule has 4 rings (SSSR count). The van der Waals surface area contributed by atoms with Crippen LogP contribution in [0, 0.1) is 5.82 Å². The summed E-state index contributed by atoms with van der Waals surface area (Å²) < 4.78 is 19.0. The van der Waals surface area contributed by atoms with E-state index >= 15 is 0 Å². The van der Waals surface area contributed by atoms with E-state index in [-0.39, 0.29) is 10.9 Å². The lowest BCUT2D eigenvalue weighted by Crippen LogP contribution is -2.00. The number of pyridine rings is 1. The van der Waals surface area contributed by atoms with Gasteiger partial charge in [-0.2, -0.15) is 0 Å². The molecule has 0 saturated heterocycles. The molecular formula is C26H24FNO3. The summed E-state index contributed by atoms with van der Waals surface area (Å²) in [7, 11) is 0. The molecule has 158 valence electrons. The van der Waals surface area contributed by atoms with E-state index in [1.54, 1.807) is 0 Å². The highest BCUT2D eigenvalue weighted by Crippen LogP contribution is 2.28. The number of hydrogen-bond acceptors (Lipinski definition) is 3. The SMILES string of the molecule is CC.CCOc1ccc(-c2ccc(-c3cc(C(=O)O)c4cc(F)ccc4n3)cc2)cc1. The number of ether oxygens (including phenoxy) is 1. The van der Waals surface area contributed by atoms with E-state index < -0.39 is 11.8 Å². The molecule has 3 aromatic carbocycles. The van der Waals surface area contributed by atoms with Crippen LogP contribution in [0.5, 0.6) is 5.75 Å². The van der Waals surface area contributed by atoms with Crippen LogP contribution in [0.2, 0.25) is 0 Å². The fourth-order valence-corrected chi connectivity index (χ4v) is 3.27. The average molecular weight is 417 g/mol. The molecule has 0 spiro atoms. The van der Waals surface area contributed by atoms with Gasteiger partial charge in [0.15, 0.2) is 0 Å². The maximum absolute atomic E-state index is 13.5. The van der Waals surface area contributed by atoms with Gasteiger partial charge in [-0.15, -0.1) is 0 Å². The Morgan fingerprint density at radius 2 is 1.48 bits per heavy atom. The van der Waals surface area contributed by atoms with E-state index in [0.29, 0.717) is 17.8 Å². The predicted octanol–water partition coefficient (Wildman–Crippen LogP) is 6.83. The van der Waals surface area contributed by atoms with Crippen molar-refractivity contribution >= 4 is 16.9 Å². The van der Waals surface area contributed by atoms with E-state index in [0.717, 1.165) is 22.4 Å². The van der Waals surface area contributed by atoms with Crippen molar-refractivity contribution in [3.05, 3.63) is 84.2 Å². The molecule has 0 aliphatic carbocycles. The molecule has 1 N–H and O–H groups in total. The molecule has 4 nitrogen and oxygen atoms in total. The molecule has 0 atom stereocenters. The Morgan fingerprint density at radius 1 is 0.903 bits per heavy atom. The summed E-state index contributed by atoms with van der Waals surface area (Å²) in [6.45, 7) is 6.57. The molecule has 0 fully saturated rings. The Morgan fingerprint density at radius 3 is 2.06 bits per heavy atom. The Balaban J connectivity index is 0.00000132. The van der Waals surface area contributed by atoms with Gasteiger partial charge in [0.1, 0.15) is 11.6 Å². The molecule has 0 aliphatic heterocycles. The molecule has 0 aliphatic rings. The summed E-state index contributed by atoms with van der Waals surface area (Å²) in [5.41, 5.74) is 3.86. The van der Waals surface area contributed by atoms with Gasteiger partial charge in [0.25, 0.3) is 0 Å². The molecule has 4 aromatic rings. The monoisotopic (exact) mass is 417 g/mol. The van der Waals surface area contributed by atoms with Crippen molar-refractivity contribution in [1.82, 2.24) is 4.98 Å². The third-order valence-electron chi connectivity index (χ3n) is 4.68. The van der Waals surface area contributed by atoms with Crippen LogP contribution >= 0.6 is 0 Å². The van der Waals surface area contributed by atoms with Crippen LogP contribution in [-0.4, -0.2) is 22.7 Å². The van der Waals surface area contributed by atoms with Crippen LogP contribution in [0.3, 0.4) is 0 Å². The predicted molar refractivity (Wildman–Crippen MR) is 122 cm³/mol. The van der Waals surface area contributed by atoms with Crippen LogP contribution in [0.25, 0.3) is 33.3 Å². The summed E-state index contributed by atoms with van der Waals surface area (Å²) in [5, 5.41) is 9.82. The zero-order valence-electron chi connectivity index (χ0n) is 17.7. The number of hydrogen-bond donors (Lipinski definition) is 1. The summed E-state index contributed by atoms with van der Waals surface area (Å²) in [5.74, 6) is -0.782. The Kier molecular flexibility index (Phi) is 6.98. The highest BCUT2D eigenvalue weighted by molar-refractivity contribution is 6.03. The fraction of sp³-hybridized carbons (Fsp3) is 0.154. The fourth-order valence-electron chi connectivity index (χ4n) is 3.27. The summed E-state index contributed by atoms with van der Waals surface area (Å²) in [4.78, 5) is 16.2. The van der Waals surface area contributed by atoms with Crippen LogP contribution in [-0.2, 0) is 0 Å². The van der Waals surface area contributed by atoms with Crippen molar-refractivity contribution in [2.75, 3.05) is 6.61 Å². The van der Waals surface area contributed by atoms with Crippen LogP contribution in [0.1, 0.15) is 31.1 Å².